The monoisotopic (exact) mass is 260 g/mol. The number of nitro groups is 1. The van der Waals surface area contributed by atoms with E-state index in [2.05, 4.69) is 10.3 Å². The van der Waals surface area contributed by atoms with Gasteiger partial charge in [-0.1, -0.05) is 12.1 Å². The van der Waals surface area contributed by atoms with Crippen LogP contribution in [0.1, 0.15) is 12.8 Å². The van der Waals surface area contributed by atoms with Gasteiger partial charge in [-0.15, -0.1) is 0 Å². The molecule has 0 fully saturated rings. The zero-order valence-electron chi connectivity index (χ0n) is 10.5. The number of imidazole rings is 1. The van der Waals surface area contributed by atoms with Gasteiger partial charge in [-0.3, -0.25) is 10.1 Å². The molecule has 0 bridgehead atoms. The number of rotatable bonds is 7. The molecule has 1 aromatic carbocycles. The Morgan fingerprint density at radius 1 is 1.32 bits per heavy atom. The first kappa shape index (κ1) is 13.1. The minimum absolute atomic E-state index is 0.122. The summed E-state index contributed by atoms with van der Waals surface area (Å²) in [6.45, 7) is 1.64. The number of benzene rings is 1. The number of nitro benzene ring substituents is 1. The Labute approximate surface area is 111 Å². The van der Waals surface area contributed by atoms with Gasteiger partial charge in [0.1, 0.15) is 5.69 Å². The number of aryl methyl sites for hydroxylation is 1. The third-order valence-corrected chi connectivity index (χ3v) is 2.82. The fourth-order valence-electron chi connectivity index (χ4n) is 1.84. The molecule has 1 heterocycles. The summed E-state index contributed by atoms with van der Waals surface area (Å²) in [5.41, 5.74) is 0.701. The van der Waals surface area contributed by atoms with Crippen LogP contribution < -0.4 is 5.32 Å². The van der Waals surface area contributed by atoms with Gasteiger partial charge < -0.3 is 9.88 Å². The van der Waals surface area contributed by atoms with Gasteiger partial charge >= 0.3 is 0 Å². The maximum Gasteiger partial charge on any atom is 0.292 e. The topological polar surface area (TPSA) is 73.0 Å². The van der Waals surface area contributed by atoms with Crippen molar-refractivity contribution in [3.8, 4) is 0 Å². The quantitative estimate of drug-likeness (QED) is 0.472. The van der Waals surface area contributed by atoms with Crippen LogP contribution in [0.5, 0.6) is 0 Å². The van der Waals surface area contributed by atoms with E-state index in [1.807, 2.05) is 10.8 Å². The standard InChI is InChI=1S/C13H16N4O2/c18-17(19)13-6-2-1-5-12(13)15-7-3-4-9-16-10-8-14-11-16/h1-2,5-6,8,10-11,15H,3-4,7,9H2. The molecule has 0 aliphatic rings. The molecule has 0 atom stereocenters. The minimum atomic E-state index is -0.367. The SMILES string of the molecule is O=[N+]([O-])c1ccccc1NCCCCn1ccnc1. The van der Waals surface area contributed by atoms with Crippen molar-refractivity contribution in [1.82, 2.24) is 9.55 Å². The molecule has 1 N–H and O–H groups in total. The molecule has 0 spiro atoms. The fraction of sp³-hybridized carbons (Fsp3) is 0.308. The maximum absolute atomic E-state index is 10.8. The van der Waals surface area contributed by atoms with Crippen LogP contribution in [0.15, 0.2) is 43.0 Å². The number of unbranched alkanes of at least 4 members (excludes halogenated alkanes) is 1. The van der Waals surface area contributed by atoms with Gasteiger partial charge in [0, 0.05) is 31.5 Å². The number of nitrogens with one attached hydrogen (secondary N) is 1. The summed E-state index contributed by atoms with van der Waals surface area (Å²) in [4.78, 5) is 14.4. The van der Waals surface area contributed by atoms with E-state index >= 15 is 0 Å². The number of para-hydroxylation sites is 2. The molecule has 0 aliphatic carbocycles. The van der Waals surface area contributed by atoms with E-state index in [0.717, 1.165) is 25.9 Å². The molecule has 2 aromatic rings. The molecule has 0 aliphatic heterocycles. The third kappa shape index (κ3) is 3.80. The summed E-state index contributed by atoms with van der Waals surface area (Å²) in [6.07, 6.45) is 7.42. The second kappa shape index (κ2) is 6.53. The molecule has 2 rings (SSSR count). The molecule has 0 saturated heterocycles. The van der Waals surface area contributed by atoms with Crippen LogP contribution >= 0.6 is 0 Å². The molecule has 19 heavy (non-hydrogen) atoms. The van der Waals surface area contributed by atoms with E-state index in [-0.39, 0.29) is 10.6 Å². The van der Waals surface area contributed by atoms with Gasteiger partial charge in [0.2, 0.25) is 0 Å². The van der Waals surface area contributed by atoms with E-state index in [1.54, 1.807) is 30.7 Å². The first-order chi connectivity index (χ1) is 9.27. The van der Waals surface area contributed by atoms with Gasteiger partial charge in [0.15, 0.2) is 0 Å². The predicted octanol–water partition coefficient (Wildman–Crippen LogP) is 2.68. The second-order valence-corrected chi connectivity index (χ2v) is 4.21. The molecule has 100 valence electrons. The first-order valence-electron chi connectivity index (χ1n) is 6.20. The highest BCUT2D eigenvalue weighted by Crippen LogP contribution is 2.22. The number of anilines is 1. The van der Waals surface area contributed by atoms with E-state index in [1.165, 1.54) is 6.07 Å². The average molecular weight is 260 g/mol. The van der Waals surface area contributed by atoms with Gasteiger partial charge in [0.25, 0.3) is 5.69 Å². The Morgan fingerprint density at radius 2 is 2.16 bits per heavy atom. The molecule has 1 aromatic heterocycles. The lowest BCUT2D eigenvalue weighted by atomic mass is 10.2. The van der Waals surface area contributed by atoms with E-state index in [9.17, 15) is 10.1 Å². The molecule has 0 amide bonds. The van der Waals surface area contributed by atoms with Crippen molar-refractivity contribution < 1.29 is 4.92 Å². The summed E-state index contributed by atoms with van der Waals surface area (Å²) in [5.74, 6) is 0. The summed E-state index contributed by atoms with van der Waals surface area (Å²) in [7, 11) is 0. The van der Waals surface area contributed by atoms with Crippen molar-refractivity contribution in [1.29, 1.82) is 0 Å². The Balaban J connectivity index is 1.75. The van der Waals surface area contributed by atoms with Crippen LogP contribution in [-0.2, 0) is 6.54 Å². The zero-order chi connectivity index (χ0) is 13.5. The van der Waals surface area contributed by atoms with Crippen LogP contribution in [0, 0.1) is 10.1 Å². The third-order valence-electron chi connectivity index (χ3n) is 2.82. The molecule has 6 heteroatoms. The van der Waals surface area contributed by atoms with Crippen LogP contribution in [0.25, 0.3) is 0 Å². The molecule has 6 nitrogen and oxygen atoms in total. The first-order valence-corrected chi connectivity index (χ1v) is 6.20. The Kier molecular flexibility index (Phi) is 4.49. The lowest BCUT2D eigenvalue weighted by molar-refractivity contribution is -0.384. The van der Waals surface area contributed by atoms with Crippen molar-refractivity contribution in [2.45, 2.75) is 19.4 Å². The Bertz CT molecular complexity index is 525. The summed E-state index contributed by atoms with van der Waals surface area (Å²) in [6, 6.07) is 6.70. The smallest absolute Gasteiger partial charge is 0.292 e. The van der Waals surface area contributed by atoms with E-state index < -0.39 is 0 Å². The van der Waals surface area contributed by atoms with E-state index in [4.69, 9.17) is 0 Å². The number of hydrogen-bond donors (Lipinski definition) is 1. The lowest BCUT2D eigenvalue weighted by Crippen LogP contribution is -2.05. The molecule has 0 saturated carbocycles. The normalized spacial score (nSPS) is 10.3. The maximum atomic E-state index is 10.8. The van der Waals surface area contributed by atoms with Crippen LogP contribution in [0.3, 0.4) is 0 Å². The highest BCUT2D eigenvalue weighted by atomic mass is 16.6. The fourth-order valence-corrected chi connectivity index (χ4v) is 1.84. The van der Waals surface area contributed by atoms with Crippen molar-refractivity contribution in [2.24, 2.45) is 0 Å². The van der Waals surface area contributed by atoms with Crippen LogP contribution in [0.4, 0.5) is 11.4 Å². The van der Waals surface area contributed by atoms with Crippen molar-refractivity contribution in [2.75, 3.05) is 11.9 Å². The Hall–Kier alpha value is -2.37. The van der Waals surface area contributed by atoms with Gasteiger partial charge in [0.05, 0.1) is 11.3 Å². The van der Waals surface area contributed by atoms with Gasteiger partial charge in [-0.05, 0) is 18.9 Å². The molecular formula is C13H16N4O2. The molecular weight excluding hydrogens is 244 g/mol. The number of aromatic nitrogens is 2. The van der Waals surface area contributed by atoms with Crippen molar-refractivity contribution >= 4 is 11.4 Å². The van der Waals surface area contributed by atoms with E-state index in [0.29, 0.717) is 5.69 Å². The average Bonchev–Trinajstić information content (AvgIpc) is 2.92. The van der Waals surface area contributed by atoms with Crippen molar-refractivity contribution in [3.63, 3.8) is 0 Å². The predicted molar refractivity (Wildman–Crippen MR) is 73.0 cm³/mol. The zero-order valence-corrected chi connectivity index (χ0v) is 10.5. The molecule has 0 unspecified atom stereocenters. The lowest BCUT2D eigenvalue weighted by Gasteiger charge is -2.07. The van der Waals surface area contributed by atoms with Gasteiger partial charge in [-0.2, -0.15) is 0 Å². The summed E-state index contributed by atoms with van der Waals surface area (Å²) < 4.78 is 2.02. The molecule has 0 radical (unpaired) electrons. The summed E-state index contributed by atoms with van der Waals surface area (Å²) in [5, 5.41) is 13.9. The number of hydrogen-bond acceptors (Lipinski definition) is 4. The largest absolute Gasteiger partial charge is 0.379 e. The highest BCUT2D eigenvalue weighted by molar-refractivity contribution is 5.60. The minimum Gasteiger partial charge on any atom is -0.379 e. The van der Waals surface area contributed by atoms with Crippen LogP contribution in [-0.4, -0.2) is 21.0 Å². The summed E-state index contributed by atoms with van der Waals surface area (Å²) >= 11 is 0. The number of nitrogens with zero attached hydrogens (tertiary/aromatic N) is 3. The van der Waals surface area contributed by atoms with Crippen LogP contribution in [0.2, 0.25) is 0 Å². The highest BCUT2D eigenvalue weighted by Gasteiger charge is 2.10. The Morgan fingerprint density at radius 3 is 2.89 bits per heavy atom. The van der Waals surface area contributed by atoms with Gasteiger partial charge in [-0.25, -0.2) is 4.98 Å². The second-order valence-electron chi connectivity index (χ2n) is 4.21. The van der Waals surface area contributed by atoms with Crippen molar-refractivity contribution in [3.05, 3.63) is 53.1 Å².